The van der Waals surface area contributed by atoms with E-state index in [4.69, 9.17) is 0 Å². The molecule has 1 nitrogen and oxygen atoms in total. The molecule has 3 heteroatoms. The summed E-state index contributed by atoms with van der Waals surface area (Å²) >= 11 is 0. The van der Waals surface area contributed by atoms with Gasteiger partial charge in [-0.2, -0.15) is 8.78 Å². The highest BCUT2D eigenvalue weighted by atomic mass is 19.3. The predicted molar refractivity (Wildman–Crippen MR) is 52.9 cm³/mol. The van der Waals surface area contributed by atoms with Crippen molar-refractivity contribution in [3.63, 3.8) is 0 Å². The van der Waals surface area contributed by atoms with Gasteiger partial charge in [0.1, 0.15) is 0 Å². The van der Waals surface area contributed by atoms with E-state index < -0.39 is 12.0 Å². The van der Waals surface area contributed by atoms with Gasteiger partial charge in [0.25, 0.3) is 6.08 Å². The summed E-state index contributed by atoms with van der Waals surface area (Å²) < 4.78 is 24.2. The van der Waals surface area contributed by atoms with E-state index in [1.807, 2.05) is 12.1 Å². The van der Waals surface area contributed by atoms with Crippen molar-refractivity contribution in [3.05, 3.63) is 47.5 Å². The zero-order valence-corrected chi connectivity index (χ0v) is 8.04. The first-order valence-corrected chi connectivity index (χ1v) is 4.83. The number of aryl methyl sites for hydroxylation is 1. The Labute approximate surface area is 86.4 Å². The maximum atomic E-state index is 12.1. The average Bonchev–Trinajstić information content (AvgIpc) is 2.22. The molecule has 0 saturated carbocycles. The van der Waals surface area contributed by atoms with Crippen molar-refractivity contribution in [1.29, 1.82) is 0 Å². The summed E-state index contributed by atoms with van der Waals surface area (Å²) in [6.45, 7) is 0. The highest BCUT2D eigenvalue weighted by Gasteiger charge is 2.25. The van der Waals surface area contributed by atoms with Gasteiger partial charge in [-0.1, -0.05) is 24.3 Å². The van der Waals surface area contributed by atoms with Crippen LogP contribution in [-0.2, 0) is 6.42 Å². The van der Waals surface area contributed by atoms with Gasteiger partial charge in [0.05, 0.1) is 0 Å². The lowest BCUT2D eigenvalue weighted by Crippen LogP contribution is -2.20. The van der Waals surface area contributed by atoms with E-state index in [1.165, 1.54) is 0 Å². The predicted octanol–water partition coefficient (Wildman–Crippen LogP) is 3.21. The molecule has 1 unspecified atom stereocenters. The summed E-state index contributed by atoms with van der Waals surface area (Å²) in [5.41, 5.74) is 1.55. The molecule has 1 atom stereocenters. The van der Waals surface area contributed by atoms with Crippen LogP contribution in [-0.4, -0.2) is 5.78 Å². The van der Waals surface area contributed by atoms with Crippen molar-refractivity contribution in [2.75, 3.05) is 0 Å². The third kappa shape index (κ3) is 1.96. The summed E-state index contributed by atoms with van der Waals surface area (Å²) in [6, 6.07) is 7.19. The minimum Gasteiger partial charge on any atom is -0.294 e. The molecule has 0 amide bonds. The van der Waals surface area contributed by atoms with Crippen molar-refractivity contribution in [3.8, 4) is 0 Å². The summed E-state index contributed by atoms with van der Waals surface area (Å²) in [4.78, 5) is 11.8. The standard InChI is InChI=1S/C12H10F2O/c13-11(14)7-9-6-5-8-3-1-2-4-10(8)12(9)15/h1-4,7,9H,5-6H2. The number of fused-ring (bicyclic) bond motifs is 1. The van der Waals surface area contributed by atoms with Crippen LogP contribution in [0, 0.1) is 5.92 Å². The Balaban J connectivity index is 2.34. The van der Waals surface area contributed by atoms with Crippen molar-refractivity contribution >= 4 is 5.78 Å². The van der Waals surface area contributed by atoms with E-state index in [9.17, 15) is 13.6 Å². The highest BCUT2D eigenvalue weighted by Crippen LogP contribution is 2.27. The zero-order valence-electron chi connectivity index (χ0n) is 8.04. The van der Waals surface area contributed by atoms with Crippen molar-refractivity contribution < 1.29 is 13.6 Å². The molecule has 0 aromatic heterocycles. The fourth-order valence-electron chi connectivity index (χ4n) is 1.93. The van der Waals surface area contributed by atoms with Crippen LogP contribution in [0.5, 0.6) is 0 Å². The third-order valence-electron chi connectivity index (χ3n) is 2.67. The van der Waals surface area contributed by atoms with Gasteiger partial charge in [-0.05, 0) is 24.5 Å². The van der Waals surface area contributed by atoms with Crippen LogP contribution in [0.2, 0.25) is 0 Å². The normalized spacial score (nSPS) is 19.6. The Bertz CT molecular complexity index is 419. The second-order valence-corrected chi connectivity index (χ2v) is 3.62. The quantitative estimate of drug-likeness (QED) is 0.692. The van der Waals surface area contributed by atoms with Crippen LogP contribution in [0.15, 0.2) is 36.4 Å². The molecule has 0 heterocycles. The Morgan fingerprint density at radius 2 is 2.07 bits per heavy atom. The molecule has 15 heavy (non-hydrogen) atoms. The number of Topliss-reactive ketones (excluding diaryl/α,β-unsaturated/α-hetero) is 1. The topological polar surface area (TPSA) is 17.1 Å². The number of allylic oxidation sites excluding steroid dienone is 1. The largest absolute Gasteiger partial charge is 0.294 e. The Kier molecular flexibility index (Phi) is 2.62. The van der Waals surface area contributed by atoms with Gasteiger partial charge in [0.15, 0.2) is 5.78 Å². The van der Waals surface area contributed by atoms with Gasteiger partial charge in [-0.3, -0.25) is 4.79 Å². The Hall–Kier alpha value is -1.51. The monoisotopic (exact) mass is 208 g/mol. The lowest BCUT2D eigenvalue weighted by atomic mass is 9.83. The molecule has 1 aliphatic rings. The minimum atomic E-state index is -1.77. The Morgan fingerprint density at radius 3 is 2.80 bits per heavy atom. The van der Waals surface area contributed by atoms with Gasteiger partial charge in [-0.15, -0.1) is 0 Å². The van der Waals surface area contributed by atoms with Crippen molar-refractivity contribution in [2.45, 2.75) is 12.8 Å². The molecule has 0 spiro atoms. The summed E-state index contributed by atoms with van der Waals surface area (Å²) in [5.74, 6) is -0.838. The number of rotatable bonds is 1. The number of ketones is 1. The second kappa shape index (κ2) is 3.93. The van der Waals surface area contributed by atoms with Crippen LogP contribution in [0.1, 0.15) is 22.3 Å². The molecular weight excluding hydrogens is 198 g/mol. The Morgan fingerprint density at radius 1 is 1.33 bits per heavy atom. The minimum absolute atomic E-state index is 0.190. The smallest absolute Gasteiger partial charge is 0.267 e. The molecule has 1 aromatic rings. The molecule has 0 fully saturated rings. The van der Waals surface area contributed by atoms with E-state index >= 15 is 0 Å². The molecular formula is C12H10F2O. The van der Waals surface area contributed by atoms with Crippen LogP contribution < -0.4 is 0 Å². The molecule has 1 aliphatic carbocycles. The number of carbonyl (C=O) groups excluding carboxylic acids is 1. The van der Waals surface area contributed by atoms with E-state index in [-0.39, 0.29) is 5.78 Å². The molecule has 0 bridgehead atoms. The SMILES string of the molecule is O=C1c2ccccc2CCC1C=C(F)F. The number of hydrogen-bond donors (Lipinski definition) is 0. The van der Waals surface area contributed by atoms with Crippen molar-refractivity contribution in [2.24, 2.45) is 5.92 Å². The van der Waals surface area contributed by atoms with Crippen LogP contribution in [0.4, 0.5) is 8.78 Å². The van der Waals surface area contributed by atoms with E-state index in [0.29, 0.717) is 18.4 Å². The maximum Gasteiger partial charge on any atom is 0.267 e. The maximum absolute atomic E-state index is 12.1. The fraction of sp³-hybridized carbons (Fsp3) is 0.250. The lowest BCUT2D eigenvalue weighted by Gasteiger charge is -2.20. The zero-order chi connectivity index (χ0) is 10.8. The molecule has 2 rings (SSSR count). The molecule has 0 N–H and O–H groups in total. The molecule has 78 valence electrons. The number of benzene rings is 1. The van der Waals surface area contributed by atoms with E-state index in [1.54, 1.807) is 12.1 Å². The average molecular weight is 208 g/mol. The highest BCUT2D eigenvalue weighted by molar-refractivity contribution is 6.01. The van der Waals surface area contributed by atoms with Crippen LogP contribution >= 0.6 is 0 Å². The second-order valence-electron chi connectivity index (χ2n) is 3.62. The van der Waals surface area contributed by atoms with Gasteiger partial charge in [0.2, 0.25) is 0 Å². The van der Waals surface area contributed by atoms with Gasteiger partial charge < -0.3 is 0 Å². The fourth-order valence-corrected chi connectivity index (χ4v) is 1.93. The molecule has 0 saturated heterocycles. The lowest BCUT2D eigenvalue weighted by molar-refractivity contribution is 0.0927. The third-order valence-corrected chi connectivity index (χ3v) is 2.67. The van der Waals surface area contributed by atoms with Gasteiger partial charge in [-0.25, -0.2) is 0 Å². The number of carbonyl (C=O) groups is 1. The summed E-state index contributed by atoms with van der Waals surface area (Å²) in [7, 11) is 0. The van der Waals surface area contributed by atoms with Crippen molar-refractivity contribution in [1.82, 2.24) is 0 Å². The van der Waals surface area contributed by atoms with E-state index in [0.717, 1.165) is 11.6 Å². The van der Waals surface area contributed by atoms with E-state index in [2.05, 4.69) is 0 Å². The van der Waals surface area contributed by atoms with Gasteiger partial charge >= 0.3 is 0 Å². The summed E-state index contributed by atoms with van der Waals surface area (Å²) in [5, 5.41) is 0. The van der Waals surface area contributed by atoms with Crippen LogP contribution in [0.3, 0.4) is 0 Å². The van der Waals surface area contributed by atoms with Crippen LogP contribution in [0.25, 0.3) is 0 Å². The molecule has 1 aromatic carbocycles. The first-order chi connectivity index (χ1) is 7.18. The first kappa shape index (κ1) is 10.0. The van der Waals surface area contributed by atoms with Gasteiger partial charge in [0, 0.05) is 11.5 Å². The number of halogens is 2. The molecule has 0 radical (unpaired) electrons. The first-order valence-electron chi connectivity index (χ1n) is 4.83. The number of hydrogen-bond acceptors (Lipinski definition) is 1. The summed E-state index contributed by atoms with van der Waals surface area (Å²) in [6.07, 6.45) is 0.162. The molecule has 0 aliphatic heterocycles.